The van der Waals surface area contributed by atoms with Crippen molar-refractivity contribution in [3.63, 3.8) is 0 Å². The fraction of sp³-hybridized carbons (Fsp3) is 0.636. The molecule has 28 heavy (non-hydrogen) atoms. The summed E-state index contributed by atoms with van der Waals surface area (Å²) in [5.74, 6) is 0.889. The number of hydrogen-bond acceptors (Lipinski definition) is 4. The van der Waals surface area contributed by atoms with E-state index in [-0.39, 0.29) is 11.8 Å². The van der Waals surface area contributed by atoms with Crippen LogP contribution >= 0.6 is 0 Å². The number of carbonyl (C=O) groups excluding carboxylic acids is 2. The van der Waals surface area contributed by atoms with Crippen LogP contribution in [0.4, 0.5) is 5.69 Å². The van der Waals surface area contributed by atoms with Crippen LogP contribution in [0, 0.1) is 11.8 Å². The third kappa shape index (κ3) is 7.24. The van der Waals surface area contributed by atoms with Crippen LogP contribution in [0.25, 0.3) is 0 Å². The molecule has 0 aromatic heterocycles. The lowest BCUT2D eigenvalue weighted by Gasteiger charge is -2.27. The first-order valence-corrected chi connectivity index (χ1v) is 10.6. The molecule has 0 bridgehead atoms. The number of rotatable bonds is 10. The Balaban J connectivity index is 1.82. The number of anilines is 1. The zero-order valence-electron chi connectivity index (χ0n) is 17.6. The van der Waals surface area contributed by atoms with Crippen LogP contribution in [0.15, 0.2) is 24.3 Å². The minimum Gasteiger partial charge on any atom is -0.351 e. The first-order valence-electron chi connectivity index (χ1n) is 10.6. The van der Waals surface area contributed by atoms with Gasteiger partial charge in [-0.3, -0.25) is 9.59 Å². The summed E-state index contributed by atoms with van der Waals surface area (Å²) in [5.41, 5.74) is 1.25. The Bertz CT molecular complexity index is 625. The predicted octanol–water partition coefficient (Wildman–Crippen LogP) is 2.72. The lowest BCUT2D eigenvalue weighted by molar-refractivity contribution is -0.117. The number of piperidine rings is 1. The number of likely N-dealkylation sites (N-methyl/N-ethyl adjacent to an activating group) is 1. The van der Waals surface area contributed by atoms with E-state index in [0.717, 1.165) is 45.6 Å². The highest BCUT2D eigenvalue weighted by molar-refractivity contribution is 5.97. The summed E-state index contributed by atoms with van der Waals surface area (Å²) in [6.07, 6.45) is 2.79. The van der Waals surface area contributed by atoms with Gasteiger partial charge in [0, 0.05) is 30.8 Å². The van der Waals surface area contributed by atoms with Crippen molar-refractivity contribution in [2.45, 2.75) is 40.0 Å². The number of nitrogens with one attached hydrogen (secondary N) is 3. The normalized spacial score (nSPS) is 16.0. The molecule has 3 N–H and O–H groups in total. The number of nitrogens with zero attached hydrogens (tertiary/aromatic N) is 1. The molecule has 156 valence electrons. The second-order valence-corrected chi connectivity index (χ2v) is 7.68. The van der Waals surface area contributed by atoms with Crippen molar-refractivity contribution in [3.05, 3.63) is 29.8 Å². The molecule has 1 aliphatic rings. The fourth-order valence-electron chi connectivity index (χ4n) is 3.79. The first kappa shape index (κ1) is 22.4. The van der Waals surface area contributed by atoms with Gasteiger partial charge in [-0.2, -0.15) is 0 Å². The summed E-state index contributed by atoms with van der Waals surface area (Å²) >= 11 is 0. The minimum absolute atomic E-state index is 0.0186. The van der Waals surface area contributed by atoms with Gasteiger partial charge in [0.25, 0.3) is 5.91 Å². The zero-order valence-corrected chi connectivity index (χ0v) is 17.6. The Kier molecular flexibility index (Phi) is 9.44. The third-order valence-electron chi connectivity index (χ3n) is 5.71. The highest BCUT2D eigenvalue weighted by atomic mass is 16.2. The molecular weight excluding hydrogens is 352 g/mol. The predicted molar refractivity (Wildman–Crippen MR) is 115 cm³/mol. The van der Waals surface area contributed by atoms with Gasteiger partial charge in [0.15, 0.2) is 0 Å². The molecule has 1 aromatic carbocycles. The summed E-state index contributed by atoms with van der Waals surface area (Å²) in [7, 11) is 0. The highest BCUT2D eigenvalue weighted by Gasteiger charge is 2.22. The molecular formula is C22H36N4O2. The third-order valence-corrected chi connectivity index (χ3v) is 5.71. The maximum absolute atomic E-state index is 12.4. The van der Waals surface area contributed by atoms with Crippen molar-refractivity contribution < 1.29 is 9.59 Å². The summed E-state index contributed by atoms with van der Waals surface area (Å²) in [6.45, 7) is 11.9. The molecule has 6 heteroatoms. The number of amides is 2. The van der Waals surface area contributed by atoms with Crippen molar-refractivity contribution in [1.82, 2.24) is 15.5 Å². The molecule has 1 heterocycles. The van der Waals surface area contributed by atoms with Gasteiger partial charge in [-0.05, 0) is 69.1 Å². The van der Waals surface area contributed by atoms with E-state index in [9.17, 15) is 9.59 Å². The van der Waals surface area contributed by atoms with Crippen LogP contribution in [0.3, 0.4) is 0 Å². The first-order chi connectivity index (χ1) is 13.5. The largest absolute Gasteiger partial charge is 0.351 e. The maximum atomic E-state index is 12.4. The number of carbonyl (C=O) groups is 2. The van der Waals surface area contributed by atoms with Crippen LogP contribution in [0.5, 0.6) is 0 Å². The van der Waals surface area contributed by atoms with E-state index >= 15 is 0 Å². The Labute approximate surface area is 169 Å². The van der Waals surface area contributed by atoms with Gasteiger partial charge in [-0.1, -0.05) is 26.8 Å². The maximum Gasteiger partial charge on any atom is 0.251 e. The monoisotopic (exact) mass is 388 g/mol. The minimum atomic E-state index is -0.105. The SMILES string of the molecule is CCN(CC)CCNC(=O)c1cccc(NC(=O)CC(C)C2CCNCC2)c1. The lowest BCUT2D eigenvalue weighted by atomic mass is 9.84. The Morgan fingerprint density at radius 2 is 1.93 bits per heavy atom. The smallest absolute Gasteiger partial charge is 0.251 e. The Morgan fingerprint density at radius 1 is 1.21 bits per heavy atom. The van der Waals surface area contributed by atoms with Crippen molar-refractivity contribution in [2.24, 2.45) is 11.8 Å². The van der Waals surface area contributed by atoms with Crippen LogP contribution in [0.2, 0.25) is 0 Å². The van der Waals surface area contributed by atoms with E-state index in [1.165, 1.54) is 0 Å². The standard InChI is InChI=1S/C22H36N4O2/c1-4-26(5-2)14-13-24-22(28)19-7-6-8-20(16-19)25-21(27)15-17(3)18-9-11-23-12-10-18/h6-8,16-18,23H,4-5,9-15H2,1-3H3,(H,24,28)(H,25,27). The average Bonchev–Trinajstić information content (AvgIpc) is 2.71. The second-order valence-electron chi connectivity index (χ2n) is 7.68. The molecule has 0 saturated carbocycles. The van der Waals surface area contributed by atoms with Crippen molar-refractivity contribution in [3.8, 4) is 0 Å². The van der Waals surface area contributed by atoms with Gasteiger partial charge in [0.1, 0.15) is 0 Å². The van der Waals surface area contributed by atoms with Crippen LogP contribution in [-0.2, 0) is 4.79 Å². The van der Waals surface area contributed by atoms with Crippen LogP contribution in [0.1, 0.15) is 50.4 Å². The van der Waals surface area contributed by atoms with Crippen LogP contribution in [-0.4, -0.2) is 56.0 Å². The van der Waals surface area contributed by atoms with E-state index < -0.39 is 0 Å². The molecule has 1 aliphatic heterocycles. The molecule has 0 aliphatic carbocycles. The second kappa shape index (κ2) is 11.8. The fourth-order valence-corrected chi connectivity index (χ4v) is 3.79. The van der Waals surface area contributed by atoms with E-state index in [4.69, 9.17) is 0 Å². The van der Waals surface area contributed by atoms with Gasteiger partial charge in [0.2, 0.25) is 5.91 Å². The summed E-state index contributed by atoms with van der Waals surface area (Å²) in [6, 6.07) is 7.17. The molecule has 1 saturated heterocycles. The van der Waals surface area contributed by atoms with E-state index in [2.05, 4.69) is 41.6 Å². The molecule has 1 atom stereocenters. The van der Waals surface area contributed by atoms with Crippen molar-refractivity contribution >= 4 is 17.5 Å². The highest BCUT2D eigenvalue weighted by Crippen LogP contribution is 2.24. The Hall–Kier alpha value is -1.92. The zero-order chi connectivity index (χ0) is 20.4. The van der Waals surface area contributed by atoms with E-state index in [1.807, 2.05) is 12.1 Å². The number of hydrogen-bond donors (Lipinski definition) is 3. The summed E-state index contributed by atoms with van der Waals surface area (Å²) < 4.78 is 0. The molecule has 0 spiro atoms. The van der Waals surface area contributed by atoms with Crippen molar-refractivity contribution in [2.75, 3.05) is 44.6 Å². The van der Waals surface area contributed by atoms with Gasteiger partial charge in [0.05, 0.1) is 0 Å². The molecule has 0 radical (unpaired) electrons. The molecule has 1 unspecified atom stereocenters. The quantitative estimate of drug-likeness (QED) is 0.576. The topological polar surface area (TPSA) is 73.5 Å². The van der Waals surface area contributed by atoms with E-state index in [0.29, 0.717) is 36.1 Å². The molecule has 2 amide bonds. The Morgan fingerprint density at radius 3 is 2.61 bits per heavy atom. The molecule has 1 aromatic rings. The van der Waals surface area contributed by atoms with Gasteiger partial charge in [-0.15, -0.1) is 0 Å². The summed E-state index contributed by atoms with van der Waals surface area (Å²) in [5, 5.41) is 9.28. The lowest BCUT2D eigenvalue weighted by Crippen LogP contribution is -2.34. The average molecular weight is 389 g/mol. The molecule has 2 rings (SSSR count). The molecule has 6 nitrogen and oxygen atoms in total. The van der Waals surface area contributed by atoms with Gasteiger partial charge < -0.3 is 20.9 Å². The van der Waals surface area contributed by atoms with E-state index in [1.54, 1.807) is 12.1 Å². The van der Waals surface area contributed by atoms with Crippen molar-refractivity contribution in [1.29, 1.82) is 0 Å². The molecule has 1 fully saturated rings. The van der Waals surface area contributed by atoms with Crippen LogP contribution < -0.4 is 16.0 Å². The van der Waals surface area contributed by atoms with Gasteiger partial charge in [-0.25, -0.2) is 0 Å². The summed E-state index contributed by atoms with van der Waals surface area (Å²) in [4.78, 5) is 27.1. The van der Waals surface area contributed by atoms with Gasteiger partial charge >= 0.3 is 0 Å². The number of benzene rings is 1.